The molecular weight excluding hydrogens is 324 g/mol. The number of rotatable bonds is 5. The van der Waals surface area contributed by atoms with Crippen molar-refractivity contribution in [1.82, 2.24) is 9.88 Å². The summed E-state index contributed by atoms with van der Waals surface area (Å²) in [6.45, 7) is 5.18. The first-order chi connectivity index (χ1) is 11.5. The summed E-state index contributed by atoms with van der Waals surface area (Å²) in [7, 11) is 0. The fraction of sp³-hybridized carbons (Fsp3) is 0.389. The molecule has 3 rings (SSSR count). The molecule has 1 fully saturated rings. The lowest BCUT2D eigenvalue weighted by Crippen LogP contribution is -2.25. The SMILES string of the molecule is Cc1nc(C)c(C(=O)OC[C@@H]2CC(=O)N(Cc3ccccc3)C2)s1. The van der Waals surface area contributed by atoms with E-state index in [1.165, 1.54) is 11.3 Å². The number of carbonyl (C=O) groups is 2. The molecule has 1 saturated heterocycles. The first kappa shape index (κ1) is 16.6. The van der Waals surface area contributed by atoms with Gasteiger partial charge in [-0.1, -0.05) is 30.3 Å². The Morgan fingerprint density at radius 3 is 2.75 bits per heavy atom. The van der Waals surface area contributed by atoms with E-state index in [1.54, 1.807) is 6.92 Å². The van der Waals surface area contributed by atoms with Crippen LogP contribution in [0, 0.1) is 19.8 Å². The zero-order valence-electron chi connectivity index (χ0n) is 13.8. The van der Waals surface area contributed by atoms with Gasteiger partial charge in [-0.05, 0) is 19.4 Å². The molecule has 1 amide bonds. The summed E-state index contributed by atoms with van der Waals surface area (Å²) >= 11 is 1.34. The van der Waals surface area contributed by atoms with E-state index < -0.39 is 0 Å². The second-order valence-electron chi connectivity index (χ2n) is 6.08. The molecule has 2 aromatic rings. The van der Waals surface area contributed by atoms with Crippen molar-refractivity contribution in [3.8, 4) is 0 Å². The number of ether oxygens (including phenoxy) is 1. The topological polar surface area (TPSA) is 59.5 Å². The quantitative estimate of drug-likeness (QED) is 0.783. The normalized spacial score (nSPS) is 17.3. The molecule has 0 N–H and O–H groups in total. The summed E-state index contributed by atoms with van der Waals surface area (Å²) in [5, 5.41) is 0.851. The largest absolute Gasteiger partial charge is 0.461 e. The summed E-state index contributed by atoms with van der Waals surface area (Å²) in [4.78, 5) is 30.9. The van der Waals surface area contributed by atoms with Crippen LogP contribution in [0.2, 0.25) is 0 Å². The van der Waals surface area contributed by atoms with Crippen LogP contribution in [0.1, 0.15) is 32.4 Å². The standard InChI is InChI=1S/C18H20N2O3S/c1-12-17(24-13(2)19-12)18(22)23-11-15-8-16(21)20(10-15)9-14-6-4-3-5-7-14/h3-7,15H,8-11H2,1-2H3/t15-/m1/s1. The second-order valence-corrected chi connectivity index (χ2v) is 7.28. The van der Waals surface area contributed by atoms with Crippen molar-refractivity contribution in [2.75, 3.05) is 13.2 Å². The molecule has 2 heterocycles. The van der Waals surface area contributed by atoms with Gasteiger partial charge in [-0.25, -0.2) is 9.78 Å². The van der Waals surface area contributed by atoms with E-state index >= 15 is 0 Å². The molecule has 126 valence electrons. The van der Waals surface area contributed by atoms with E-state index in [0.29, 0.717) is 30.1 Å². The van der Waals surface area contributed by atoms with Gasteiger partial charge in [-0.3, -0.25) is 4.79 Å². The monoisotopic (exact) mass is 344 g/mol. The number of likely N-dealkylation sites (tertiary alicyclic amines) is 1. The molecule has 5 nitrogen and oxygen atoms in total. The maximum absolute atomic E-state index is 12.1. The molecule has 1 aliphatic heterocycles. The molecule has 1 aliphatic rings. The van der Waals surface area contributed by atoms with E-state index in [0.717, 1.165) is 10.6 Å². The number of esters is 1. The van der Waals surface area contributed by atoms with Gasteiger partial charge in [0.25, 0.3) is 0 Å². The molecule has 0 aliphatic carbocycles. The highest BCUT2D eigenvalue weighted by atomic mass is 32.1. The number of aryl methyl sites for hydroxylation is 2. The maximum Gasteiger partial charge on any atom is 0.350 e. The fourth-order valence-corrected chi connectivity index (χ4v) is 3.72. The second kappa shape index (κ2) is 7.13. The summed E-state index contributed by atoms with van der Waals surface area (Å²) in [6.07, 6.45) is 0.431. The highest BCUT2D eigenvalue weighted by molar-refractivity contribution is 7.13. The minimum atomic E-state index is -0.341. The van der Waals surface area contributed by atoms with Gasteiger partial charge >= 0.3 is 5.97 Å². The van der Waals surface area contributed by atoms with E-state index in [-0.39, 0.29) is 24.4 Å². The van der Waals surface area contributed by atoms with Gasteiger partial charge in [0.05, 0.1) is 17.3 Å². The van der Waals surface area contributed by atoms with Gasteiger partial charge in [-0.15, -0.1) is 11.3 Å². The summed E-state index contributed by atoms with van der Waals surface area (Å²) in [6, 6.07) is 9.91. The fourth-order valence-electron chi connectivity index (χ4n) is 2.90. The molecule has 24 heavy (non-hydrogen) atoms. The molecule has 1 atom stereocenters. The summed E-state index contributed by atoms with van der Waals surface area (Å²) in [5.74, 6) is -0.170. The van der Waals surface area contributed by atoms with Crippen LogP contribution < -0.4 is 0 Å². The molecule has 0 saturated carbocycles. The third-order valence-electron chi connectivity index (χ3n) is 4.05. The van der Waals surface area contributed by atoms with Crippen molar-refractivity contribution >= 4 is 23.2 Å². The molecule has 0 spiro atoms. The number of nitrogens with zero attached hydrogens (tertiary/aromatic N) is 2. The first-order valence-electron chi connectivity index (χ1n) is 7.96. The molecule has 1 aromatic heterocycles. The highest BCUT2D eigenvalue weighted by Gasteiger charge is 2.30. The van der Waals surface area contributed by atoms with E-state index in [9.17, 15) is 9.59 Å². The Bertz CT molecular complexity index is 742. The number of hydrogen-bond donors (Lipinski definition) is 0. The minimum absolute atomic E-state index is 0.0551. The number of aromatic nitrogens is 1. The Kier molecular flexibility index (Phi) is 4.94. The van der Waals surface area contributed by atoms with Crippen molar-refractivity contribution < 1.29 is 14.3 Å². The van der Waals surface area contributed by atoms with Crippen LogP contribution in [-0.4, -0.2) is 34.9 Å². The Labute approximate surface area is 145 Å². The van der Waals surface area contributed by atoms with Crippen LogP contribution in [-0.2, 0) is 16.1 Å². The first-order valence-corrected chi connectivity index (χ1v) is 8.77. The van der Waals surface area contributed by atoms with Crippen molar-refractivity contribution in [2.24, 2.45) is 5.92 Å². The van der Waals surface area contributed by atoms with Crippen LogP contribution in [0.25, 0.3) is 0 Å². The lowest BCUT2D eigenvalue weighted by Gasteiger charge is -2.16. The molecule has 6 heteroatoms. The van der Waals surface area contributed by atoms with Crippen molar-refractivity contribution in [3.05, 3.63) is 51.5 Å². The van der Waals surface area contributed by atoms with Crippen LogP contribution >= 0.6 is 11.3 Å². The highest BCUT2D eigenvalue weighted by Crippen LogP contribution is 2.22. The predicted molar refractivity (Wildman–Crippen MR) is 91.8 cm³/mol. The van der Waals surface area contributed by atoms with Crippen LogP contribution in [0.5, 0.6) is 0 Å². The number of thiazole rings is 1. The summed E-state index contributed by atoms with van der Waals surface area (Å²) < 4.78 is 5.41. The van der Waals surface area contributed by atoms with Gasteiger partial charge in [0.1, 0.15) is 4.88 Å². The van der Waals surface area contributed by atoms with Crippen molar-refractivity contribution in [1.29, 1.82) is 0 Å². The van der Waals surface area contributed by atoms with Gasteiger partial charge in [0.2, 0.25) is 5.91 Å². The smallest absolute Gasteiger partial charge is 0.350 e. The van der Waals surface area contributed by atoms with E-state index in [4.69, 9.17) is 4.74 Å². The van der Waals surface area contributed by atoms with Crippen molar-refractivity contribution in [2.45, 2.75) is 26.8 Å². The lowest BCUT2D eigenvalue weighted by atomic mass is 10.1. The predicted octanol–water partition coefficient (Wildman–Crippen LogP) is 2.97. The van der Waals surface area contributed by atoms with Crippen LogP contribution in [0.3, 0.4) is 0 Å². The zero-order chi connectivity index (χ0) is 17.1. The maximum atomic E-state index is 12.1. The molecule has 0 radical (unpaired) electrons. The Hall–Kier alpha value is -2.21. The number of benzene rings is 1. The Balaban J connectivity index is 1.53. The number of hydrogen-bond acceptors (Lipinski definition) is 5. The molecular formula is C18H20N2O3S. The van der Waals surface area contributed by atoms with Gasteiger partial charge < -0.3 is 9.64 Å². The Morgan fingerprint density at radius 1 is 1.33 bits per heavy atom. The van der Waals surface area contributed by atoms with Crippen LogP contribution in [0.4, 0.5) is 0 Å². The third kappa shape index (κ3) is 3.82. The molecule has 1 aromatic carbocycles. The molecule has 0 bridgehead atoms. The minimum Gasteiger partial charge on any atom is -0.461 e. The lowest BCUT2D eigenvalue weighted by molar-refractivity contribution is -0.128. The number of carbonyl (C=O) groups excluding carboxylic acids is 2. The van der Waals surface area contributed by atoms with Gasteiger partial charge in [0, 0.05) is 25.4 Å². The van der Waals surface area contributed by atoms with Crippen molar-refractivity contribution in [3.63, 3.8) is 0 Å². The van der Waals surface area contributed by atoms with E-state index in [1.807, 2.05) is 42.2 Å². The third-order valence-corrected chi connectivity index (χ3v) is 5.10. The zero-order valence-corrected chi connectivity index (χ0v) is 14.6. The number of amides is 1. The molecule has 0 unspecified atom stereocenters. The van der Waals surface area contributed by atoms with E-state index in [2.05, 4.69) is 4.98 Å². The Morgan fingerprint density at radius 2 is 2.08 bits per heavy atom. The van der Waals surface area contributed by atoms with Crippen LogP contribution in [0.15, 0.2) is 30.3 Å². The average molecular weight is 344 g/mol. The average Bonchev–Trinajstić information content (AvgIpc) is 3.08. The summed E-state index contributed by atoms with van der Waals surface area (Å²) in [5.41, 5.74) is 1.81. The van der Waals surface area contributed by atoms with Gasteiger partial charge in [0.15, 0.2) is 0 Å². The van der Waals surface area contributed by atoms with Gasteiger partial charge in [-0.2, -0.15) is 0 Å².